The Kier molecular flexibility index (Phi) is 4.45. The molecule has 108 valence electrons. The van der Waals surface area contributed by atoms with E-state index in [1.165, 1.54) is 25.3 Å². The summed E-state index contributed by atoms with van der Waals surface area (Å²) in [6, 6.07) is 11.0. The van der Waals surface area contributed by atoms with Gasteiger partial charge >= 0.3 is 5.97 Å². The summed E-state index contributed by atoms with van der Waals surface area (Å²) in [7, 11) is 1.29. The van der Waals surface area contributed by atoms with Crippen LogP contribution in [0.1, 0.15) is 20.7 Å². The van der Waals surface area contributed by atoms with Gasteiger partial charge in [0.05, 0.1) is 12.7 Å². The minimum Gasteiger partial charge on any atom is -0.465 e. The molecule has 0 unspecified atom stereocenters. The number of amides is 1. The molecule has 0 fully saturated rings. The van der Waals surface area contributed by atoms with Crippen molar-refractivity contribution in [3.8, 4) is 0 Å². The van der Waals surface area contributed by atoms with Crippen LogP contribution in [0.15, 0.2) is 42.5 Å². The number of halogens is 1. The lowest BCUT2D eigenvalue weighted by Crippen LogP contribution is -2.13. The van der Waals surface area contributed by atoms with Gasteiger partial charge in [0.25, 0.3) is 5.91 Å². The maximum atomic E-state index is 12.1. The highest BCUT2D eigenvalue weighted by Crippen LogP contribution is 2.18. The molecular formula is C15H13ClN2O3. The highest BCUT2D eigenvalue weighted by molar-refractivity contribution is 6.31. The van der Waals surface area contributed by atoms with E-state index < -0.39 is 5.97 Å². The first-order valence-corrected chi connectivity index (χ1v) is 6.43. The first kappa shape index (κ1) is 14.9. The van der Waals surface area contributed by atoms with Crippen LogP contribution in [-0.2, 0) is 4.74 Å². The van der Waals surface area contributed by atoms with Crippen molar-refractivity contribution in [2.45, 2.75) is 0 Å². The topological polar surface area (TPSA) is 81.4 Å². The van der Waals surface area contributed by atoms with Crippen LogP contribution in [0.25, 0.3) is 0 Å². The number of ether oxygens (including phenoxy) is 1. The Morgan fingerprint density at radius 3 is 2.57 bits per heavy atom. The molecule has 0 aliphatic rings. The van der Waals surface area contributed by atoms with Gasteiger partial charge in [-0.2, -0.15) is 0 Å². The van der Waals surface area contributed by atoms with Crippen LogP contribution < -0.4 is 11.1 Å². The summed E-state index contributed by atoms with van der Waals surface area (Å²) in [5.41, 5.74) is 7.20. The summed E-state index contributed by atoms with van der Waals surface area (Å²) < 4.78 is 4.63. The number of hydrogen-bond acceptors (Lipinski definition) is 4. The molecule has 6 heteroatoms. The minimum atomic E-state index is -0.474. The molecule has 2 aromatic rings. The second kappa shape index (κ2) is 6.28. The molecule has 0 heterocycles. The van der Waals surface area contributed by atoms with E-state index in [1.54, 1.807) is 24.3 Å². The second-order valence-corrected chi connectivity index (χ2v) is 4.74. The van der Waals surface area contributed by atoms with Crippen LogP contribution in [0, 0.1) is 0 Å². The third kappa shape index (κ3) is 3.73. The molecular weight excluding hydrogens is 292 g/mol. The zero-order valence-corrected chi connectivity index (χ0v) is 12.0. The molecule has 0 aromatic heterocycles. The van der Waals surface area contributed by atoms with E-state index in [-0.39, 0.29) is 5.91 Å². The van der Waals surface area contributed by atoms with Gasteiger partial charge in [-0.3, -0.25) is 4.79 Å². The summed E-state index contributed by atoms with van der Waals surface area (Å²) in [4.78, 5) is 23.6. The van der Waals surface area contributed by atoms with E-state index in [0.29, 0.717) is 27.5 Å². The maximum Gasteiger partial charge on any atom is 0.337 e. The average Bonchev–Trinajstić information content (AvgIpc) is 2.45. The number of esters is 1. The van der Waals surface area contributed by atoms with Crippen LogP contribution in [0.3, 0.4) is 0 Å². The number of hydrogen-bond donors (Lipinski definition) is 2. The predicted octanol–water partition coefficient (Wildman–Crippen LogP) is 2.96. The normalized spacial score (nSPS) is 10.0. The van der Waals surface area contributed by atoms with Crippen molar-refractivity contribution in [2.75, 3.05) is 18.2 Å². The number of anilines is 2. The molecule has 1 amide bonds. The lowest BCUT2D eigenvalue weighted by Gasteiger charge is -2.08. The third-order valence-electron chi connectivity index (χ3n) is 2.72. The van der Waals surface area contributed by atoms with E-state index in [2.05, 4.69) is 10.1 Å². The number of rotatable bonds is 3. The number of carbonyl (C=O) groups is 2. The molecule has 0 spiro atoms. The summed E-state index contributed by atoms with van der Waals surface area (Å²) in [6.45, 7) is 0. The Bertz CT molecular complexity index is 681. The monoisotopic (exact) mass is 304 g/mol. The zero-order chi connectivity index (χ0) is 15.4. The van der Waals surface area contributed by atoms with Crippen LogP contribution in [0.4, 0.5) is 11.4 Å². The van der Waals surface area contributed by atoms with E-state index >= 15 is 0 Å². The number of methoxy groups -OCH3 is 1. The molecule has 0 bridgehead atoms. The Morgan fingerprint density at radius 1 is 1.14 bits per heavy atom. The zero-order valence-electron chi connectivity index (χ0n) is 11.2. The van der Waals surface area contributed by atoms with E-state index in [4.69, 9.17) is 17.3 Å². The lowest BCUT2D eigenvalue weighted by molar-refractivity contribution is 0.0600. The first-order chi connectivity index (χ1) is 9.99. The van der Waals surface area contributed by atoms with Crippen molar-refractivity contribution < 1.29 is 14.3 Å². The van der Waals surface area contributed by atoms with Gasteiger partial charge in [0.1, 0.15) is 0 Å². The van der Waals surface area contributed by atoms with Crippen LogP contribution in [0.5, 0.6) is 0 Å². The van der Waals surface area contributed by atoms with Gasteiger partial charge in [-0.05, 0) is 36.4 Å². The number of nitrogen functional groups attached to an aromatic ring is 1. The molecule has 0 saturated carbocycles. The Labute approximate surface area is 126 Å². The molecule has 2 aromatic carbocycles. The van der Waals surface area contributed by atoms with E-state index in [1.807, 2.05) is 0 Å². The van der Waals surface area contributed by atoms with Gasteiger partial charge in [-0.15, -0.1) is 0 Å². The molecule has 2 rings (SSSR count). The predicted molar refractivity (Wildman–Crippen MR) is 81.6 cm³/mol. The van der Waals surface area contributed by atoms with E-state index in [0.717, 1.165) is 0 Å². The molecule has 0 radical (unpaired) electrons. The van der Waals surface area contributed by atoms with Gasteiger partial charge in [0.2, 0.25) is 0 Å². The van der Waals surface area contributed by atoms with Gasteiger partial charge in [-0.25, -0.2) is 4.79 Å². The SMILES string of the molecule is COC(=O)c1cccc(NC(=O)c2cc(N)cc(Cl)c2)c1. The fourth-order valence-corrected chi connectivity index (χ4v) is 2.03. The molecule has 3 N–H and O–H groups in total. The van der Waals surface area contributed by atoms with Crippen LogP contribution in [0.2, 0.25) is 5.02 Å². The highest BCUT2D eigenvalue weighted by atomic mass is 35.5. The summed E-state index contributed by atoms with van der Waals surface area (Å²) in [5.74, 6) is -0.843. The van der Waals surface area contributed by atoms with Crippen LogP contribution in [-0.4, -0.2) is 19.0 Å². The molecule has 0 saturated heterocycles. The molecule has 0 aliphatic heterocycles. The van der Waals surface area contributed by atoms with Gasteiger partial charge < -0.3 is 15.8 Å². The van der Waals surface area contributed by atoms with Gasteiger partial charge in [0, 0.05) is 22.0 Å². The van der Waals surface area contributed by atoms with Crippen molar-refractivity contribution >= 4 is 34.9 Å². The van der Waals surface area contributed by atoms with E-state index in [9.17, 15) is 9.59 Å². The molecule has 0 atom stereocenters. The molecule has 5 nitrogen and oxygen atoms in total. The Morgan fingerprint density at radius 2 is 1.90 bits per heavy atom. The van der Waals surface area contributed by atoms with Crippen molar-refractivity contribution in [3.63, 3.8) is 0 Å². The highest BCUT2D eigenvalue weighted by Gasteiger charge is 2.10. The summed E-state index contributed by atoms with van der Waals surface area (Å²) in [6.07, 6.45) is 0. The van der Waals surface area contributed by atoms with Crippen LogP contribution >= 0.6 is 11.6 Å². The quantitative estimate of drug-likeness (QED) is 0.674. The third-order valence-corrected chi connectivity index (χ3v) is 2.94. The van der Waals surface area contributed by atoms with Crippen molar-refractivity contribution in [2.24, 2.45) is 0 Å². The summed E-state index contributed by atoms with van der Waals surface area (Å²) in [5, 5.41) is 3.05. The van der Waals surface area contributed by atoms with Gasteiger partial charge in [0.15, 0.2) is 0 Å². The summed E-state index contributed by atoms with van der Waals surface area (Å²) >= 11 is 5.86. The average molecular weight is 305 g/mol. The molecule has 0 aliphatic carbocycles. The molecule has 21 heavy (non-hydrogen) atoms. The standard InChI is InChI=1S/C15H13ClN2O3/c1-21-15(20)9-3-2-4-13(7-9)18-14(19)10-5-11(16)8-12(17)6-10/h2-8H,17H2,1H3,(H,18,19). The number of carbonyl (C=O) groups excluding carboxylic acids is 2. The van der Waals surface area contributed by atoms with Crippen molar-refractivity contribution in [1.29, 1.82) is 0 Å². The number of benzene rings is 2. The number of nitrogens with two attached hydrogens (primary N) is 1. The lowest BCUT2D eigenvalue weighted by atomic mass is 10.1. The number of nitrogens with one attached hydrogen (secondary N) is 1. The Hall–Kier alpha value is -2.53. The first-order valence-electron chi connectivity index (χ1n) is 6.05. The maximum absolute atomic E-state index is 12.1. The van der Waals surface area contributed by atoms with Crippen molar-refractivity contribution in [3.05, 3.63) is 58.6 Å². The van der Waals surface area contributed by atoms with Crippen molar-refractivity contribution in [1.82, 2.24) is 0 Å². The largest absolute Gasteiger partial charge is 0.465 e. The Balaban J connectivity index is 2.21. The fraction of sp³-hybridized carbons (Fsp3) is 0.0667. The minimum absolute atomic E-state index is 0.337. The fourth-order valence-electron chi connectivity index (χ4n) is 1.79. The smallest absolute Gasteiger partial charge is 0.337 e. The second-order valence-electron chi connectivity index (χ2n) is 4.30. The van der Waals surface area contributed by atoms with Gasteiger partial charge in [-0.1, -0.05) is 17.7 Å².